The number of carboxylic acid groups (broad SMARTS) is 1. The van der Waals surface area contributed by atoms with Gasteiger partial charge >= 0.3 is 12.1 Å². The number of nitrogens with zero attached hydrogens (tertiary/aromatic N) is 4. The average Bonchev–Trinajstić information content (AvgIpc) is 3.31. The van der Waals surface area contributed by atoms with Crippen molar-refractivity contribution in [1.82, 2.24) is 19.9 Å². The minimum atomic E-state index is -1.01. The number of benzene rings is 2. The van der Waals surface area contributed by atoms with Crippen molar-refractivity contribution < 1.29 is 24.2 Å². The predicted molar refractivity (Wildman–Crippen MR) is 123 cm³/mol. The number of aromatic nitrogens is 3. The fourth-order valence-electron chi connectivity index (χ4n) is 3.81. The molecule has 1 saturated heterocycles. The smallest absolute Gasteiger partial charge is 0.410 e. The maximum Gasteiger partial charge on any atom is 0.410 e. The SMILES string of the molecule is O=C(O)Cn1cc(-c2cccc(NC(=O)C3CCCN(C(=O)OCc4ccccc4)C3)c2)nn1. The van der Waals surface area contributed by atoms with E-state index >= 15 is 0 Å². The molecule has 2 amide bonds. The van der Waals surface area contributed by atoms with Crippen molar-refractivity contribution in [3.63, 3.8) is 0 Å². The first-order chi connectivity index (χ1) is 16.5. The number of amides is 2. The Kier molecular flexibility index (Phi) is 7.16. The summed E-state index contributed by atoms with van der Waals surface area (Å²) < 4.78 is 6.64. The number of nitrogens with one attached hydrogen (secondary N) is 1. The number of carbonyl (C=O) groups excluding carboxylic acids is 2. The van der Waals surface area contributed by atoms with Crippen LogP contribution < -0.4 is 5.32 Å². The fraction of sp³-hybridized carbons (Fsp3) is 0.292. The first-order valence-corrected chi connectivity index (χ1v) is 11.0. The molecule has 1 unspecified atom stereocenters. The van der Waals surface area contributed by atoms with E-state index in [2.05, 4.69) is 15.6 Å². The van der Waals surface area contributed by atoms with Crippen LogP contribution in [0.3, 0.4) is 0 Å². The van der Waals surface area contributed by atoms with Crippen LogP contribution in [0.4, 0.5) is 10.5 Å². The molecular formula is C24H25N5O5. The zero-order valence-corrected chi connectivity index (χ0v) is 18.5. The summed E-state index contributed by atoms with van der Waals surface area (Å²) >= 11 is 0. The molecule has 1 fully saturated rings. The van der Waals surface area contributed by atoms with Crippen LogP contribution in [0.25, 0.3) is 11.3 Å². The second kappa shape index (κ2) is 10.6. The van der Waals surface area contributed by atoms with Crippen molar-refractivity contribution in [3.05, 3.63) is 66.4 Å². The van der Waals surface area contributed by atoms with Gasteiger partial charge in [-0.1, -0.05) is 47.7 Å². The van der Waals surface area contributed by atoms with Crippen LogP contribution in [0.5, 0.6) is 0 Å². The summed E-state index contributed by atoms with van der Waals surface area (Å²) in [5, 5.41) is 19.6. The molecule has 10 nitrogen and oxygen atoms in total. The van der Waals surface area contributed by atoms with Gasteiger partial charge in [-0.2, -0.15) is 0 Å². The fourth-order valence-corrected chi connectivity index (χ4v) is 3.81. The first-order valence-electron chi connectivity index (χ1n) is 11.0. The molecule has 0 saturated carbocycles. The van der Waals surface area contributed by atoms with E-state index < -0.39 is 12.1 Å². The lowest BCUT2D eigenvalue weighted by Crippen LogP contribution is -2.44. The number of likely N-dealkylation sites (tertiary alicyclic amines) is 1. The normalized spacial score (nSPS) is 15.5. The number of aliphatic carboxylic acids is 1. The number of carboxylic acids is 1. The van der Waals surface area contributed by atoms with Gasteiger partial charge in [0.05, 0.1) is 12.1 Å². The van der Waals surface area contributed by atoms with E-state index in [-0.39, 0.29) is 25.0 Å². The van der Waals surface area contributed by atoms with E-state index in [1.165, 1.54) is 10.9 Å². The van der Waals surface area contributed by atoms with E-state index in [1.54, 1.807) is 29.2 Å². The zero-order valence-electron chi connectivity index (χ0n) is 18.5. The number of hydrogen-bond acceptors (Lipinski definition) is 6. The predicted octanol–water partition coefficient (Wildman–Crippen LogP) is 3.02. The highest BCUT2D eigenvalue weighted by atomic mass is 16.6. The van der Waals surface area contributed by atoms with Crippen LogP contribution in [0.15, 0.2) is 60.8 Å². The van der Waals surface area contributed by atoms with Crippen molar-refractivity contribution in [2.24, 2.45) is 5.92 Å². The van der Waals surface area contributed by atoms with Gasteiger partial charge in [0.1, 0.15) is 18.8 Å². The zero-order chi connectivity index (χ0) is 23.9. The van der Waals surface area contributed by atoms with Crippen LogP contribution in [0, 0.1) is 5.92 Å². The highest BCUT2D eigenvalue weighted by molar-refractivity contribution is 5.93. The van der Waals surface area contributed by atoms with Crippen molar-refractivity contribution in [2.45, 2.75) is 26.0 Å². The lowest BCUT2D eigenvalue weighted by molar-refractivity contribution is -0.138. The largest absolute Gasteiger partial charge is 0.480 e. The molecule has 2 heterocycles. The summed E-state index contributed by atoms with van der Waals surface area (Å²) in [6, 6.07) is 16.5. The molecule has 1 aliphatic rings. The van der Waals surface area contributed by atoms with Gasteiger partial charge in [-0.05, 0) is 30.5 Å². The van der Waals surface area contributed by atoms with Crippen molar-refractivity contribution in [2.75, 3.05) is 18.4 Å². The number of piperidine rings is 1. The van der Waals surface area contributed by atoms with E-state index in [0.29, 0.717) is 42.9 Å². The van der Waals surface area contributed by atoms with Gasteiger partial charge in [0.25, 0.3) is 0 Å². The Bertz CT molecular complexity index is 1160. The van der Waals surface area contributed by atoms with Crippen molar-refractivity contribution in [3.8, 4) is 11.3 Å². The van der Waals surface area contributed by atoms with Gasteiger partial charge in [0, 0.05) is 24.3 Å². The third-order valence-electron chi connectivity index (χ3n) is 5.52. The van der Waals surface area contributed by atoms with E-state index in [4.69, 9.17) is 9.84 Å². The maximum atomic E-state index is 12.9. The van der Waals surface area contributed by atoms with E-state index in [9.17, 15) is 14.4 Å². The summed E-state index contributed by atoms with van der Waals surface area (Å²) in [5.74, 6) is -1.53. The number of ether oxygens (including phenoxy) is 1. The molecule has 10 heteroatoms. The molecule has 4 rings (SSSR count). The summed E-state index contributed by atoms with van der Waals surface area (Å²) in [5.41, 5.74) is 2.69. The Hall–Kier alpha value is -4.21. The van der Waals surface area contributed by atoms with Gasteiger partial charge in [-0.3, -0.25) is 9.59 Å². The lowest BCUT2D eigenvalue weighted by Gasteiger charge is -2.31. The minimum absolute atomic E-state index is 0.174. The molecular weight excluding hydrogens is 438 g/mol. The Labute approximate surface area is 196 Å². The summed E-state index contributed by atoms with van der Waals surface area (Å²) in [4.78, 5) is 37.8. The molecule has 0 spiro atoms. The highest BCUT2D eigenvalue weighted by Gasteiger charge is 2.29. The second-order valence-electron chi connectivity index (χ2n) is 8.09. The molecule has 1 aromatic heterocycles. The van der Waals surface area contributed by atoms with Gasteiger partial charge in [-0.25, -0.2) is 9.48 Å². The van der Waals surface area contributed by atoms with Crippen molar-refractivity contribution >= 4 is 23.7 Å². The van der Waals surface area contributed by atoms with E-state index in [1.807, 2.05) is 30.3 Å². The number of carbonyl (C=O) groups is 3. The van der Waals surface area contributed by atoms with Crippen LogP contribution in [0.1, 0.15) is 18.4 Å². The van der Waals surface area contributed by atoms with Gasteiger partial charge in [0.15, 0.2) is 0 Å². The molecule has 1 atom stereocenters. The molecule has 0 aliphatic carbocycles. The number of rotatable bonds is 7. The second-order valence-corrected chi connectivity index (χ2v) is 8.09. The van der Waals surface area contributed by atoms with Crippen LogP contribution in [-0.2, 0) is 27.5 Å². The van der Waals surface area contributed by atoms with Crippen LogP contribution in [0.2, 0.25) is 0 Å². The number of anilines is 1. The van der Waals surface area contributed by atoms with Crippen molar-refractivity contribution in [1.29, 1.82) is 0 Å². The summed E-state index contributed by atoms with van der Waals surface area (Å²) in [6.07, 6.45) is 2.51. The topological polar surface area (TPSA) is 127 Å². The molecule has 0 bridgehead atoms. The Balaban J connectivity index is 1.34. The summed E-state index contributed by atoms with van der Waals surface area (Å²) in [7, 11) is 0. The highest BCUT2D eigenvalue weighted by Crippen LogP contribution is 2.23. The van der Waals surface area contributed by atoms with Gasteiger partial charge < -0.3 is 20.1 Å². The lowest BCUT2D eigenvalue weighted by atomic mass is 9.97. The third-order valence-corrected chi connectivity index (χ3v) is 5.52. The quantitative estimate of drug-likeness (QED) is 0.551. The molecule has 1 aliphatic heterocycles. The Morgan fingerprint density at radius 1 is 1.12 bits per heavy atom. The van der Waals surface area contributed by atoms with Crippen LogP contribution >= 0.6 is 0 Å². The third kappa shape index (κ3) is 5.97. The molecule has 176 valence electrons. The minimum Gasteiger partial charge on any atom is -0.480 e. The first kappa shape index (κ1) is 23.0. The summed E-state index contributed by atoms with van der Waals surface area (Å²) in [6.45, 7) is 0.758. The molecule has 2 N–H and O–H groups in total. The maximum absolute atomic E-state index is 12.9. The molecule has 34 heavy (non-hydrogen) atoms. The molecule has 3 aromatic rings. The standard InChI is InChI=1S/C24H25N5O5/c30-22(31)15-29-14-21(26-27-29)18-8-4-10-20(12-18)25-23(32)19-9-5-11-28(13-19)24(33)34-16-17-6-2-1-3-7-17/h1-4,6-8,10,12,14,19H,5,9,11,13,15-16H2,(H,25,32)(H,30,31). The molecule has 0 radical (unpaired) electrons. The van der Waals surface area contributed by atoms with Gasteiger partial charge in [-0.15, -0.1) is 5.10 Å². The monoisotopic (exact) mass is 463 g/mol. The van der Waals surface area contributed by atoms with E-state index in [0.717, 1.165) is 5.56 Å². The Morgan fingerprint density at radius 2 is 1.94 bits per heavy atom. The Morgan fingerprint density at radius 3 is 2.74 bits per heavy atom. The number of hydrogen-bond donors (Lipinski definition) is 2. The average molecular weight is 463 g/mol. The van der Waals surface area contributed by atoms with Gasteiger partial charge in [0.2, 0.25) is 5.91 Å². The van der Waals surface area contributed by atoms with Crippen LogP contribution in [-0.4, -0.2) is 56.1 Å². The molecule has 2 aromatic carbocycles.